The quantitative estimate of drug-likeness (QED) is 0.820. The van der Waals surface area contributed by atoms with E-state index in [4.69, 9.17) is 0 Å². The Balaban J connectivity index is 1.52. The molecule has 3 aliphatic rings. The highest BCUT2D eigenvalue weighted by molar-refractivity contribution is 7.89. The van der Waals surface area contributed by atoms with Crippen molar-refractivity contribution >= 4 is 15.9 Å². The second kappa shape index (κ2) is 7.30. The fourth-order valence-corrected chi connectivity index (χ4v) is 5.68. The summed E-state index contributed by atoms with van der Waals surface area (Å²) >= 11 is 0. The zero-order valence-corrected chi connectivity index (χ0v) is 15.7. The van der Waals surface area contributed by atoms with Gasteiger partial charge in [0.1, 0.15) is 0 Å². The monoisotopic (exact) mass is 357 g/mol. The lowest BCUT2D eigenvalue weighted by atomic mass is 9.85. The van der Waals surface area contributed by atoms with Crippen LogP contribution < -0.4 is 5.32 Å². The molecule has 7 heteroatoms. The van der Waals surface area contributed by atoms with E-state index in [0.717, 1.165) is 19.3 Å². The van der Waals surface area contributed by atoms with Crippen molar-refractivity contribution < 1.29 is 13.2 Å². The first-order valence-corrected chi connectivity index (χ1v) is 11.0. The Hall–Kier alpha value is -0.660. The Morgan fingerprint density at radius 1 is 1.17 bits per heavy atom. The van der Waals surface area contributed by atoms with Gasteiger partial charge in [-0.15, -0.1) is 0 Å². The van der Waals surface area contributed by atoms with Crippen molar-refractivity contribution in [2.45, 2.75) is 70.0 Å². The smallest absolute Gasteiger partial charge is 0.239 e. The molecular formula is C17H31N3O3S. The van der Waals surface area contributed by atoms with Crippen molar-refractivity contribution in [3.05, 3.63) is 0 Å². The maximum atomic E-state index is 12.8. The summed E-state index contributed by atoms with van der Waals surface area (Å²) in [6, 6.07) is 0.538. The van der Waals surface area contributed by atoms with Crippen LogP contribution in [-0.2, 0) is 14.8 Å². The van der Waals surface area contributed by atoms with Gasteiger partial charge in [-0.3, -0.25) is 4.79 Å². The number of fused-ring (bicyclic) bond motifs is 1. The minimum absolute atomic E-state index is 0.0215. The summed E-state index contributed by atoms with van der Waals surface area (Å²) < 4.78 is 25.5. The van der Waals surface area contributed by atoms with Crippen LogP contribution in [0.5, 0.6) is 0 Å². The van der Waals surface area contributed by atoms with Gasteiger partial charge in [-0.2, -0.15) is 0 Å². The van der Waals surface area contributed by atoms with Gasteiger partial charge in [-0.05, 0) is 44.9 Å². The van der Waals surface area contributed by atoms with E-state index in [1.54, 1.807) is 14.0 Å². The molecule has 3 atom stereocenters. The standard InChI is InChI=1S/C17H31N3O3S/c1-3-24(22,23)19(2)14-8-10-20(11-9-14)17(21)16-12-13-6-4-5-7-15(13)18-16/h13-16,18H,3-12H2,1-2H3. The Kier molecular flexibility index (Phi) is 5.52. The Bertz CT molecular complexity index is 543. The summed E-state index contributed by atoms with van der Waals surface area (Å²) in [5.74, 6) is 1.03. The fourth-order valence-electron chi connectivity index (χ4n) is 4.61. The maximum absolute atomic E-state index is 12.8. The zero-order chi connectivity index (χ0) is 17.3. The average Bonchev–Trinajstić information content (AvgIpc) is 3.04. The molecule has 0 bridgehead atoms. The molecule has 2 heterocycles. The number of nitrogens with one attached hydrogen (secondary N) is 1. The first kappa shape index (κ1) is 18.1. The van der Waals surface area contributed by atoms with Gasteiger partial charge in [0.05, 0.1) is 11.8 Å². The molecule has 3 fully saturated rings. The summed E-state index contributed by atoms with van der Waals surface area (Å²) in [7, 11) is -1.48. The van der Waals surface area contributed by atoms with Crippen LogP contribution in [0.15, 0.2) is 0 Å². The topological polar surface area (TPSA) is 69.7 Å². The van der Waals surface area contributed by atoms with Crippen molar-refractivity contribution in [1.82, 2.24) is 14.5 Å². The van der Waals surface area contributed by atoms with Gasteiger partial charge in [-0.1, -0.05) is 12.8 Å². The molecule has 3 unspecified atom stereocenters. The molecule has 1 N–H and O–H groups in total. The van der Waals surface area contributed by atoms with Crippen molar-refractivity contribution in [2.24, 2.45) is 5.92 Å². The zero-order valence-electron chi connectivity index (χ0n) is 14.9. The highest BCUT2D eigenvalue weighted by Gasteiger charge is 2.40. The lowest BCUT2D eigenvalue weighted by molar-refractivity contribution is -0.134. The van der Waals surface area contributed by atoms with E-state index < -0.39 is 10.0 Å². The molecule has 3 rings (SSSR count). The van der Waals surface area contributed by atoms with Gasteiger partial charge in [-0.25, -0.2) is 12.7 Å². The van der Waals surface area contributed by atoms with Crippen LogP contribution in [0.4, 0.5) is 0 Å². The van der Waals surface area contributed by atoms with Crippen LogP contribution >= 0.6 is 0 Å². The lowest BCUT2D eigenvalue weighted by Gasteiger charge is -2.37. The first-order chi connectivity index (χ1) is 11.4. The van der Waals surface area contributed by atoms with Crippen molar-refractivity contribution in [3.8, 4) is 0 Å². The number of rotatable bonds is 4. The largest absolute Gasteiger partial charge is 0.341 e. The van der Waals surface area contributed by atoms with E-state index in [2.05, 4.69) is 5.32 Å². The maximum Gasteiger partial charge on any atom is 0.239 e. The van der Waals surface area contributed by atoms with Crippen LogP contribution in [0.1, 0.15) is 51.9 Å². The minimum Gasteiger partial charge on any atom is -0.341 e. The number of hydrogen-bond acceptors (Lipinski definition) is 4. The third kappa shape index (κ3) is 3.63. The molecule has 0 radical (unpaired) electrons. The summed E-state index contributed by atoms with van der Waals surface area (Å²) in [5, 5.41) is 3.56. The molecular weight excluding hydrogens is 326 g/mol. The van der Waals surface area contributed by atoms with Crippen molar-refractivity contribution in [3.63, 3.8) is 0 Å². The van der Waals surface area contributed by atoms with Crippen LogP contribution in [0.2, 0.25) is 0 Å². The number of likely N-dealkylation sites (tertiary alicyclic amines) is 1. The van der Waals surface area contributed by atoms with E-state index in [1.807, 2.05) is 4.90 Å². The fraction of sp³-hybridized carbons (Fsp3) is 0.941. The molecule has 0 spiro atoms. The molecule has 6 nitrogen and oxygen atoms in total. The van der Waals surface area contributed by atoms with Gasteiger partial charge in [0, 0.05) is 32.2 Å². The molecule has 0 aromatic rings. The number of carbonyl (C=O) groups is 1. The number of carbonyl (C=O) groups excluding carboxylic acids is 1. The van der Waals surface area contributed by atoms with Gasteiger partial charge in [0.2, 0.25) is 15.9 Å². The molecule has 1 aliphatic carbocycles. The number of hydrogen-bond donors (Lipinski definition) is 1. The Morgan fingerprint density at radius 2 is 1.83 bits per heavy atom. The molecule has 0 aromatic carbocycles. The van der Waals surface area contributed by atoms with Gasteiger partial charge < -0.3 is 10.2 Å². The average molecular weight is 358 g/mol. The second-order valence-electron chi connectivity index (χ2n) is 7.58. The number of piperidine rings is 1. The van der Waals surface area contributed by atoms with Gasteiger partial charge in [0.25, 0.3) is 0 Å². The SMILES string of the molecule is CCS(=O)(=O)N(C)C1CCN(C(=O)C2CC3CCCCC3N2)CC1. The van der Waals surface area contributed by atoms with E-state index in [1.165, 1.54) is 30.0 Å². The molecule has 1 saturated carbocycles. The molecule has 138 valence electrons. The summed E-state index contributed by atoms with van der Waals surface area (Å²) in [6.45, 7) is 3.01. The molecule has 1 amide bonds. The van der Waals surface area contributed by atoms with Crippen molar-refractivity contribution in [1.29, 1.82) is 0 Å². The van der Waals surface area contributed by atoms with E-state index in [9.17, 15) is 13.2 Å². The third-order valence-electron chi connectivity index (χ3n) is 6.25. The van der Waals surface area contributed by atoms with Crippen molar-refractivity contribution in [2.75, 3.05) is 25.9 Å². The Morgan fingerprint density at radius 3 is 2.46 bits per heavy atom. The normalized spacial score (nSPS) is 32.1. The number of nitrogens with zero attached hydrogens (tertiary/aromatic N) is 2. The molecule has 2 saturated heterocycles. The summed E-state index contributed by atoms with van der Waals surface area (Å²) in [6.07, 6.45) is 7.49. The van der Waals surface area contributed by atoms with Gasteiger partial charge in [0.15, 0.2) is 0 Å². The lowest BCUT2D eigenvalue weighted by Crippen LogP contribution is -2.51. The third-order valence-corrected chi connectivity index (χ3v) is 8.16. The first-order valence-electron chi connectivity index (χ1n) is 9.43. The predicted molar refractivity (Wildman–Crippen MR) is 94.1 cm³/mol. The van der Waals surface area contributed by atoms with E-state index >= 15 is 0 Å². The van der Waals surface area contributed by atoms with Crippen LogP contribution in [-0.4, -0.2) is 67.5 Å². The van der Waals surface area contributed by atoms with Crippen LogP contribution in [0, 0.1) is 5.92 Å². The summed E-state index contributed by atoms with van der Waals surface area (Å²) in [4.78, 5) is 14.7. The second-order valence-corrected chi connectivity index (χ2v) is 9.90. The molecule has 2 aliphatic heterocycles. The molecule has 0 aromatic heterocycles. The molecule has 24 heavy (non-hydrogen) atoms. The highest BCUT2D eigenvalue weighted by atomic mass is 32.2. The minimum atomic E-state index is -3.15. The van der Waals surface area contributed by atoms with Crippen LogP contribution in [0.25, 0.3) is 0 Å². The van der Waals surface area contributed by atoms with E-state index in [0.29, 0.717) is 25.0 Å². The predicted octanol–water partition coefficient (Wildman–Crippen LogP) is 1.18. The summed E-state index contributed by atoms with van der Waals surface area (Å²) in [5.41, 5.74) is 0. The highest BCUT2D eigenvalue weighted by Crippen LogP contribution is 2.34. The van der Waals surface area contributed by atoms with E-state index in [-0.39, 0.29) is 23.7 Å². The van der Waals surface area contributed by atoms with Crippen LogP contribution in [0.3, 0.4) is 0 Å². The van der Waals surface area contributed by atoms with Gasteiger partial charge >= 0.3 is 0 Å². The number of sulfonamides is 1. The Labute approximate surface area is 146 Å². The number of amides is 1.